The van der Waals surface area contributed by atoms with Crippen LogP contribution in [0.2, 0.25) is 0 Å². The van der Waals surface area contributed by atoms with Gasteiger partial charge in [0, 0.05) is 25.0 Å². The molecule has 0 bridgehead atoms. The van der Waals surface area contributed by atoms with Crippen LogP contribution in [0.15, 0.2) is 22.9 Å². The number of amides is 1. The topological polar surface area (TPSA) is 51.0 Å². The van der Waals surface area contributed by atoms with Gasteiger partial charge in [-0.25, -0.2) is 0 Å². The summed E-state index contributed by atoms with van der Waals surface area (Å²) >= 11 is 3.31. The molecular weight excluding hydrogens is 316 g/mol. The molecule has 7 heteroatoms. The molecule has 0 saturated carbocycles. The van der Waals surface area contributed by atoms with Crippen molar-refractivity contribution in [3.8, 4) is 0 Å². The molecule has 1 atom stereocenters. The molecule has 1 unspecified atom stereocenters. The second-order valence-electron chi connectivity index (χ2n) is 5.89. The summed E-state index contributed by atoms with van der Waals surface area (Å²) in [6, 6.07) is 2.14. The second kappa shape index (κ2) is 6.42. The van der Waals surface area contributed by atoms with E-state index in [0.29, 0.717) is 0 Å². The zero-order valence-corrected chi connectivity index (χ0v) is 14.7. The van der Waals surface area contributed by atoms with Gasteiger partial charge in [0.15, 0.2) is 5.16 Å². The van der Waals surface area contributed by atoms with Crippen LogP contribution in [0.3, 0.4) is 0 Å². The number of hydrogen-bond acceptors (Lipinski definition) is 5. The maximum absolute atomic E-state index is 13.0. The first kappa shape index (κ1) is 15.6. The Hall–Kier alpha value is -1.34. The minimum atomic E-state index is -0.122. The lowest BCUT2D eigenvalue weighted by molar-refractivity contribution is -0.132. The van der Waals surface area contributed by atoms with Gasteiger partial charge in [0.25, 0.3) is 0 Å². The molecule has 0 fully saturated rings. The van der Waals surface area contributed by atoms with Crippen LogP contribution in [0.4, 0.5) is 0 Å². The Labute approximate surface area is 138 Å². The van der Waals surface area contributed by atoms with E-state index in [2.05, 4.69) is 35.5 Å². The molecule has 2 aromatic rings. The highest BCUT2D eigenvalue weighted by atomic mass is 32.2. The Morgan fingerprint density at radius 1 is 1.45 bits per heavy atom. The normalized spacial score (nSPS) is 15.9. The molecule has 0 saturated heterocycles. The van der Waals surface area contributed by atoms with Crippen LogP contribution in [0.1, 0.15) is 24.3 Å². The van der Waals surface area contributed by atoms with E-state index in [1.807, 2.05) is 16.5 Å². The number of carbonyl (C=O) groups excluding carboxylic acids is 1. The van der Waals surface area contributed by atoms with Crippen molar-refractivity contribution in [3.05, 3.63) is 28.2 Å². The van der Waals surface area contributed by atoms with E-state index in [1.165, 1.54) is 22.2 Å². The molecular formula is C15H20N4OS2. The number of nitrogens with zero attached hydrogens (tertiary/aromatic N) is 4. The lowest BCUT2D eigenvalue weighted by Gasteiger charge is -2.31. The van der Waals surface area contributed by atoms with Crippen LogP contribution in [-0.4, -0.2) is 37.4 Å². The van der Waals surface area contributed by atoms with Gasteiger partial charge in [-0.1, -0.05) is 25.6 Å². The number of hydrogen-bond donors (Lipinski definition) is 0. The first-order valence-corrected chi connectivity index (χ1v) is 9.17. The average Bonchev–Trinajstić information content (AvgIpc) is 3.11. The molecule has 3 heterocycles. The SMILES string of the molecule is CC(C)C(Sc1nncn1C)C(=O)N1CCc2sccc2C1. The largest absolute Gasteiger partial charge is 0.337 e. The van der Waals surface area contributed by atoms with Gasteiger partial charge < -0.3 is 9.47 Å². The van der Waals surface area contributed by atoms with Gasteiger partial charge in [0.05, 0.1) is 5.25 Å². The van der Waals surface area contributed by atoms with E-state index in [-0.39, 0.29) is 17.1 Å². The Bertz CT molecular complexity index is 664. The molecule has 0 aliphatic carbocycles. The van der Waals surface area contributed by atoms with E-state index in [9.17, 15) is 4.79 Å². The third-order valence-electron chi connectivity index (χ3n) is 3.87. The molecule has 5 nitrogen and oxygen atoms in total. The first-order valence-electron chi connectivity index (χ1n) is 7.41. The van der Waals surface area contributed by atoms with E-state index in [1.54, 1.807) is 17.7 Å². The molecule has 1 amide bonds. The lowest BCUT2D eigenvalue weighted by atomic mass is 10.1. The predicted octanol–water partition coefficient (Wildman–Crippen LogP) is 2.58. The minimum absolute atomic E-state index is 0.122. The third kappa shape index (κ3) is 3.05. The van der Waals surface area contributed by atoms with Crippen LogP contribution >= 0.6 is 23.1 Å². The molecule has 0 spiro atoms. The highest BCUT2D eigenvalue weighted by molar-refractivity contribution is 8.00. The maximum Gasteiger partial charge on any atom is 0.236 e. The van der Waals surface area contributed by atoms with Crippen molar-refractivity contribution in [2.45, 2.75) is 37.2 Å². The quantitative estimate of drug-likeness (QED) is 0.805. The number of thiophene rings is 1. The van der Waals surface area contributed by atoms with Crippen molar-refractivity contribution in [1.29, 1.82) is 0 Å². The van der Waals surface area contributed by atoms with E-state index >= 15 is 0 Å². The van der Waals surface area contributed by atoms with Gasteiger partial charge in [0.1, 0.15) is 6.33 Å². The standard InChI is InChI=1S/C15H20N4OS2/c1-10(2)13(22-15-17-16-9-18(15)3)14(20)19-6-4-12-11(8-19)5-7-21-12/h5,7,9-10,13H,4,6,8H2,1-3H3. The minimum Gasteiger partial charge on any atom is -0.337 e. The number of aryl methyl sites for hydroxylation is 1. The van der Waals surface area contributed by atoms with Crippen LogP contribution in [0.5, 0.6) is 0 Å². The molecule has 0 N–H and O–H groups in total. The molecule has 0 aromatic carbocycles. The molecule has 118 valence electrons. The number of fused-ring (bicyclic) bond motifs is 1. The fraction of sp³-hybridized carbons (Fsp3) is 0.533. The van der Waals surface area contributed by atoms with Gasteiger partial charge in [0.2, 0.25) is 5.91 Å². The van der Waals surface area contributed by atoms with Gasteiger partial charge in [-0.05, 0) is 29.3 Å². The molecule has 1 aliphatic rings. The number of carbonyl (C=O) groups is 1. The average molecular weight is 336 g/mol. The van der Waals surface area contributed by atoms with Gasteiger partial charge in [-0.2, -0.15) is 0 Å². The van der Waals surface area contributed by atoms with Crippen molar-refractivity contribution in [2.75, 3.05) is 6.54 Å². The van der Waals surface area contributed by atoms with Gasteiger partial charge >= 0.3 is 0 Å². The molecule has 3 rings (SSSR count). The first-order chi connectivity index (χ1) is 10.6. The summed E-state index contributed by atoms with van der Waals surface area (Å²) in [7, 11) is 1.91. The van der Waals surface area contributed by atoms with Crippen molar-refractivity contribution in [1.82, 2.24) is 19.7 Å². The molecule has 2 aromatic heterocycles. The Morgan fingerprint density at radius 2 is 2.27 bits per heavy atom. The summed E-state index contributed by atoms with van der Waals surface area (Å²) < 4.78 is 1.86. The van der Waals surface area contributed by atoms with E-state index in [4.69, 9.17) is 0 Å². The van der Waals surface area contributed by atoms with Crippen LogP contribution in [0, 0.1) is 5.92 Å². The zero-order chi connectivity index (χ0) is 15.7. The number of rotatable bonds is 4. The third-order valence-corrected chi connectivity index (χ3v) is 6.47. The van der Waals surface area contributed by atoms with Crippen molar-refractivity contribution in [2.24, 2.45) is 13.0 Å². The van der Waals surface area contributed by atoms with Crippen molar-refractivity contribution < 1.29 is 4.79 Å². The summed E-state index contributed by atoms with van der Waals surface area (Å²) in [6.45, 7) is 5.73. The molecule has 1 aliphatic heterocycles. The monoisotopic (exact) mass is 336 g/mol. The highest BCUT2D eigenvalue weighted by Crippen LogP contribution is 2.30. The number of thioether (sulfide) groups is 1. The summed E-state index contributed by atoms with van der Waals surface area (Å²) in [6.07, 6.45) is 2.64. The second-order valence-corrected chi connectivity index (χ2v) is 8.00. The Balaban J connectivity index is 1.75. The number of aromatic nitrogens is 3. The summed E-state index contributed by atoms with van der Waals surface area (Å²) in [5.74, 6) is 0.456. The summed E-state index contributed by atoms with van der Waals surface area (Å²) in [5.41, 5.74) is 1.30. The predicted molar refractivity (Wildman–Crippen MR) is 88.9 cm³/mol. The fourth-order valence-electron chi connectivity index (χ4n) is 2.58. The highest BCUT2D eigenvalue weighted by Gasteiger charge is 2.31. The van der Waals surface area contributed by atoms with Crippen LogP contribution < -0.4 is 0 Å². The van der Waals surface area contributed by atoms with E-state index < -0.39 is 0 Å². The lowest BCUT2D eigenvalue weighted by Crippen LogP contribution is -2.42. The van der Waals surface area contributed by atoms with Crippen molar-refractivity contribution >= 4 is 29.0 Å². The zero-order valence-electron chi connectivity index (χ0n) is 13.0. The Kier molecular flexibility index (Phi) is 4.54. The van der Waals surface area contributed by atoms with E-state index in [0.717, 1.165) is 24.7 Å². The van der Waals surface area contributed by atoms with Crippen LogP contribution in [0.25, 0.3) is 0 Å². The molecule has 22 heavy (non-hydrogen) atoms. The molecule has 0 radical (unpaired) electrons. The smallest absolute Gasteiger partial charge is 0.236 e. The van der Waals surface area contributed by atoms with Crippen LogP contribution in [-0.2, 0) is 24.8 Å². The van der Waals surface area contributed by atoms with Gasteiger partial charge in [-0.3, -0.25) is 4.79 Å². The summed E-state index contributed by atoms with van der Waals surface area (Å²) in [5, 5.41) is 10.8. The Morgan fingerprint density at radius 3 is 2.95 bits per heavy atom. The van der Waals surface area contributed by atoms with Crippen molar-refractivity contribution in [3.63, 3.8) is 0 Å². The fourth-order valence-corrected chi connectivity index (χ4v) is 4.53. The van der Waals surface area contributed by atoms with Gasteiger partial charge in [-0.15, -0.1) is 21.5 Å². The summed E-state index contributed by atoms with van der Waals surface area (Å²) in [4.78, 5) is 16.4. The maximum atomic E-state index is 13.0.